The number of hydrogen-bond donors (Lipinski definition) is 2. The molecule has 1 aromatic heterocycles. The van der Waals surface area contributed by atoms with Gasteiger partial charge in [0.1, 0.15) is 17.8 Å². The number of nitrogens with one attached hydrogen (secondary N) is 2. The van der Waals surface area contributed by atoms with Crippen molar-refractivity contribution in [1.82, 2.24) is 14.9 Å². The van der Waals surface area contributed by atoms with E-state index in [2.05, 4.69) is 10.3 Å². The van der Waals surface area contributed by atoms with Crippen LogP contribution in [0.5, 0.6) is 0 Å². The maximum absolute atomic E-state index is 14.9. The molecule has 0 radical (unpaired) electrons. The molecule has 0 bridgehead atoms. The van der Waals surface area contributed by atoms with Crippen LogP contribution < -0.4 is 5.32 Å². The summed E-state index contributed by atoms with van der Waals surface area (Å²) in [7, 11) is 1.74. The van der Waals surface area contributed by atoms with Crippen molar-refractivity contribution < 1.29 is 8.78 Å². The van der Waals surface area contributed by atoms with Gasteiger partial charge in [-0.05, 0) is 38.0 Å². The van der Waals surface area contributed by atoms with Crippen LogP contribution in [0.3, 0.4) is 0 Å². The Hall–Kier alpha value is -2.76. The Morgan fingerprint density at radius 1 is 1.36 bits per heavy atom. The van der Waals surface area contributed by atoms with E-state index in [-0.39, 0.29) is 17.9 Å². The van der Waals surface area contributed by atoms with E-state index in [0.29, 0.717) is 34.6 Å². The standard InChI is InChI=1S/C22H26F2N4/c1-5-6-15-7-8-16(9-18(15)23)22-27-13(2)14(3)28(22)21-10-17(12-26-4)20(25)11-19(21)24/h7-10,12,19,25-26H,5-6,11H2,1-4H3/b17-12-,25-20?. The Balaban J connectivity index is 2.16. The summed E-state index contributed by atoms with van der Waals surface area (Å²) in [6, 6.07) is 5.10. The number of hydrogen-bond acceptors (Lipinski definition) is 3. The predicted molar refractivity (Wildman–Crippen MR) is 110 cm³/mol. The van der Waals surface area contributed by atoms with Gasteiger partial charge in [-0.3, -0.25) is 4.57 Å². The number of alkyl halides is 1. The van der Waals surface area contributed by atoms with E-state index in [9.17, 15) is 8.78 Å². The Bertz CT molecular complexity index is 969. The molecule has 2 N–H and O–H groups in total. The molecule has 28 heavy (non-hydrogen) atoms. The molecule has 1 heterocycles. The van der Waals surface area contributed by atoms with Crippen molar-refractivity contribution in [1.29, 1.82) is 5.41 Å². The van der Waals surface area contributed by atoms with Crippen LogP contribution in [-0.4, -0.2) is 28.5 Å². The maximum atomic E-state index is 14.9. The van der Waals surface area contributed by atoms with Crippen molar-refractivity contribution in [3.05, 3.63) is 58.8 Å². The van der Waals surface area contributed by atoms with Gasteiger partial charge in [0, 0.05) is 42.2 Å². The lowest BCUT2D eigenvalue weighted by molar-refractivity contribution is 0.409. The van der Waals surface area contributed by atoms with Crippen molar-refractivity contribution in [3.63, 3.8) is 0 Å². The van der Waals surface area contributed by atoms with E-state index < -0.39 is 6.17 Å². The molecule has 1 aliphatic carbocycles. The molecule has 0 fully saturated rings. The molecule has 0 spiro atoms. The van der Waals surface area contributed by atoms with Gasteiger partial charge in [-0.2, -0.15) is 0 Å². The summed E-state index contributed by atoms with van der Waals surface area (Å²) in [5.41, 5.74) is 4.15. The van der Waals surface area contributed by atoms with Gasteiger partial charge in [-0.25, -0.2) is 13.8 Å². The lowest BCUT2D eigenvalue weighted by Crippen LogP contribution is -2.23. The van der Waals surface area contributed by atoms with Crippen LogP contribution in [0.1, 0.15) is 36.7 Å². The third kappa shape index (κ3) is 3.63. The maximum Gasteiger partial charge on any atom is 0.146 e. The average molecular weight is 384 g/mol. The first-order chi connectivity index (χ1) is 13.4. The molecule has 6 heteroatoms. The molecule has 0 saturated carbocycles. The number of halogens is 2. The van der Waals surface area contributed by atoms with Gasteiger partial charge in [-0.15, -0.1) is 0 Å². The van der Waals surface area contributed by atoms with Crippen LogP contribution in [0.2, 0.25) is 0 Å². The summed E-state index contributed by atoms with van der Waals surface area (Å²) in [6.07, 6.45) is 3.58. The normalized spacial score (nSPS) is 18.5. The van der Waals surface area contributed by atoms with Gasteiger partial charge in [-0.1, -0.05) is 25.5 Å². The summed E-state index contributed by atoms with van der Waals surface area (Å²) >= 11 is 0. The number of allylic oxidation sites excluding steroid dienone is 3. The molecule has 3 rings (SSSR count). The van der Waals surface area contributed by atoms with Gasteiger partial charge in [0.15, 0.2) is 0 Å². The molecule has 0 amide bonds. The van der Waals surface area contributed by atoms with Crippen LogP contribution in [0.25, 0.3) is 17.1 Å². The van der Waals surface area contributed by atoms with Crippen molar-refractivity contribution >= 4 is 11.4 Å². The molecule has 1 atom stereocenters. The molecule has 1 aromatic carbocycles. The minimum absolute atomic E-state index is 0.000741. The number of benzene rings is 1. The number of rotatable bonds is 5. The molecule has 0 aliphatic heterocycles. The van der Waals surface area contributed by atoms with Crippen molar-refractivity contribution in [2.24, 2.45) is 0 Å². The topological polar surface area (TPSA) is 53.7 Å². The zero-order valence-electron chi connectivity index (χ0n) is 16.7. The first-order valence-electron chi connectivity index (χ1n) is 9.53. The van der Waals surface area contributed by atoms with Crippen molar-refractivity contribution in [2.75, 3.05) is 7.05 Å². The van der Waals surface area contributed by atoms with Crippen LogP contribution in [0.15, 0.2) is 36.0 Å². The van der Waals surface area contributed by atoms with E-state index in [4.69, 9.17) is 5.41 Å². The first-order valence-corrected chi connectivity index (χ1v) is 9.53. The third-order valence-electron chi connectivity index (χ3n) is 5.09. The van der Waals surface area contributed by atoms with Crippen molar-refractivity contribution in [2.45, 2.75) is 46.2 Å². The number of nitrogens with zero attached hydrogens (tertiary/aromatic N) is 2. The number of aromatic nitrogens is 2. The Morgan fingerprint density at radius 2 is 2.11 bits per heavy atom. The fourth-order valence-electron chi connectivity index (χ4n) is 3.51. The van der Waals surface area contributed by atoms with E-state index in [1.165, 1.54) is 6.07 Å². The smallest absolute Gasteiger partial charge is 0.146 e. The highest BCUT2D eigenvalue weighted by Gasteiger charge is 2.28. The van der Waals surface area contributed by atoms with E-state index in [0.717, 1.165) is 17.8 Å². The van der Waals surface area contributed by atoms with Gasteiger partial charge in [0.05, 0.1) is 11.4 Å². The first kappa shape index (κ1) is 20.0. The second kappa shape index (κ2) is 8.09. The Labute approximate surface area is 164 Å². The Kier molecular flexibility index (Phi) is 5.77. The average Bonchev–Trinajstić information content (AvgIpc) is 2.94. The number of imidazole rings is 1. The fourth-order valence-corrected chi connectivity index (χ4v) is 3.51. The lowest BCUT2D eigenvalue weighted by atomic mass is 9.95. The molecule has 148 valence electrons. The summed E-state index contributed by atoms with van der Waals surface area (Å²) in [4.78, 5) is 4.60. The highest BCUT2D eigenvalue weighted by Crippen LogP contribution is 2.33. The lowest BCUT2D eigenvalue weighted by Gasteiger charge is -2.24. The second-order valence-corrected chi connectivity index (χ2v) is 7.11. The summed E-state index contributed by atoms with van der Waals surface area (Å²) in [5, 5.41) is 10.9. The monoisotopic (exact) mass is 384 g/mol. The molecular formula is C22H26F2N4. The number of aryl methyl sites for hydroxylation is 2. The minimum atomic E-state index is -1.32. The largest absolute Gasteiger partial charge is 0.393 e. The zero-order valence-corrected chi connectivity index (χ0v) is 16.7. The molecular weight excluding hydrogens is 358 g/mol. The van der Waals surface area contributed by atoms with E-state index in [1.54, 1.807) is 30.0 Å². The zero-order chi connectivity index (χ0) is 20.4. The molecule has 1 aliphatic rings. The van der Waals surface area contributed by atoms with Gasteiger partial charge in [0.2, 0.25) is 0 Å². The van der Waals surface area contributed by atoms with Crippen LogP contribution in [-0.2, 0) is 6.42 Å². The summed E-state index contributed by atoms with van der Waals surface area (Å²) in [6.45, 7) is 5.75. The van der Waals surface area contributed by atoms with Crippen molar-refractivity contribution in [3.8, 4) is 11.4 Å². The highest BCUT2D eigenvalue weighted by molar-refractivity contribution is 6.04. The van der Waals surface area contributed by atoms with Gasteiger partial charge >= 0.3 is 0 Å². The highest BCUT2D eigenvalue weighted by atomic mass is 19.1. The Morgan fingerprint density at radius 3 is 2.75 bits per heavy atom. The van der Waals surface area contributed by atoms with Crippen LogP contribution in [0, 0.1) is 25.1 Å². The second-order valence-electron chi connectivity index (χ2n) is 7.11. The SMILES string of the molecule is CCCc1ccc(-c2nc(C)c(C)n2C2=C/C(=C/NC)C(=N)CC2F)cc1F. The molecule has 0 saturated heterocycles. The summed E-state index contributed by atoms with van der Waals surface area (Å²) < 4.78 is 31.2. The van der Waals surface area contributed by atoms with Crippen LogP contribution >= 0.6 is 0 Å². The fraction of sp³-hybridized carbons (Fsp3) is 0.364. The minimum Gasteiger partial charge on any atom is -0.393 e. The van der Waals surface area contributed by atoms with E-state index in [1.807, 2.05) is 26.8 Å². The van der Waals surface area contributed by atoms with Gasteiger partial charge < -0.3 is 10.7 Å². The molecule has 4 nitrogen and oxygen atoms in total. The molecule has 2 aromatic rings. The third-order valence-corrected chi connectivity index (χ3v) is 5.09. The van der Waals surface area contributed by atoms with E-state index >= 15 is 0 Å². The quantitative estimate of drug-likeness (QED) is 0.765. The van der Waals surface area contributed by atoms with Crippen LogP contribution in [0.4, 0.5) is 8.78 Å². The predicted octanol–water partition coefficient (Wildman–Crippen LogP) is 4.96. The summed E-state index contributed by atoms with van der Waals surface area (Å²) in [5.74, 6) is 0.249. The molecule has 1 unspecified atom stereocenters. The van der Waals surface area contributed by atoms with Gasteiger partial charge in [0.25, 0.3) is 0 Å².